The summed E-state index contributed by atoms with van der Waals surface area (Å²) in [4.78, 5) is 42.3. The second kappa shape index (κ2) is 11.7. The number of carbonyl (C=O) groups is 3. The molecule has 2 heterocycles. The van der Waals surface area contributed by atoms with Crippen LogP contribution in [0.2, 0.25) is 0 Å². The molecule has 3 amide bonds. The molecule has 0 bridgehead atoms. The molecule has 0 aliphatic heterocycles. The first-order valence-electron chi connectivity index (χ1n) is 13.5. The zero-order valence-corrected chi connectivity index (χ0v) is 23.3. The van der Waals surface area contributed by atoms with E-state index >= 15 is 0 Å². The molecule has 1 aliphatic rings. The number of methoxy groups -OCH3 is 1. The number of nitrogens with one attached hydrogen (secondary N) is 2. The number of rotatable bonds is 10. The van der Waals surface area contributed by atoms with Gasteiger partial charge in [0, 0.05) is 25.2 Å². The number of fused-ring (bicyclic) bond motifs is 2. The van der Waals surface area contributed by atoms with Gasteiger partial charge < -0.3 is 25.1 Å². The summed E-state index contributed by atoms with van der Waals surface area (Å²) >= 11 is 0. The number of benzene rings is 2. The fraction of sp³-hybridized carbons (Fsp3) is 0.345. The van der Waals surface area contributed by atoms with Crippen molar-refractivity contribution in [3.05, 3.63) is 70.5 Å². The zero-order chi connectivity index (χ0) is 29.1. The number of aryl methyl sites for hydroxylation is 4. The van der Waals surface area contributed by atoms with E-state index in [4.69, 9.17) is 15.2 Å². The molecule has 4 N–H and O–H groups in total. The summed E-state index contributed by atoms with van der Waals surface area (Å²) in [5, 5.41) is 10.0. The fourth-order valence-corrected chi connectivity index (χ4v) is 5.21. The first-order valence-corrected chi connectivity index (χ1v) is 13.5. The average molecular weight is 560 g/mol. The number of alkyl carbamates (subject to hydrolysis) is 1. The van der Waals surface area contributed by atoms with Crippen LogP contribution in [0.1, 0.15) is 63.5 Å². The number of imidazole rings is 1. The number of primary amides is 1. The fourth-order valence-electron chi connectivity index (χ4n) is 5.21. The van der Waals surface area contributed by atoms with Crippen molar-refractivity contribution in [2.24, 2.45) is 5.73 Å². The van der Waals surface area contributed by atoms with E-state index in [1.165, 1.54) is 12.7 Å². The molecular formula is C29H33N7O5. The van der Waals surface area contributed by atoms with Crippen LogP contribution in [0.15, 0.2) is 42.5 Å². The Morgan fingerprint density at radius 2 is 1.98 bits per heavy atom. The molecular weight excluding hydrogens is 526 g/mol. The van der Waals surface area contributed by atoms with Crippen LogP contribution >= 0.6 is 0 Å². The van der Waals surface area contributed by atoms with E-state index in [2.05, 4.69) is 26.8 Å². The molecule has 214 valence electrons. The lowest BCUT2D eigenvalue weighted by molar-refractivity contribution is 0.0978. The lowest BCUT2D eigenvalue weighted by atomic mass is 10.1. The van der Waals surface area contributed by atoms with Gasteiger partial charge in [0.15, 0.2) is 0 Å². The Kier molecular flexibility index (Phi) is 7.90. The van der Waals surface area contributed by atoms with Gasteiger partial charge in [-0.1, -0.05) is 24.3 Å². The van der Waals surface area contributed by atoms with Gasteiger partial charge in [0.05, 0.1) is 18.3 Å². The molecule has 12 nitrogen and oxygen atoms in total. The maximum Gasteiger partial charge on any atom is 0.407 e. The van der Waals surface area contributed by atoms with Crippen molar-refractivity contribution in [3.63, 3.8) is 0 Å². The van der Waals surface area contributed by atoms with Gasteiger partial charge in [-0.25, -0.2) is 9.78 Å². The first kappa shape index (κ1) is 27.7. The Hall–Kier alpha value is -4.87. The van der Waals surface area contributed by atoms with Gasteiger partial charge in [-0.2, -0.15) is 5.10 Å². The topological polar surface area (TPSA) is 155 Å². The van der Waals surface area contributed by atoms with Gasteiger partial charge in [-0.15, -0.1) is 0 Å². The van der Waals surface area contributed by atoms with Gasteiger partial charge in [-0.3, -0.25) is 19.6 Å². The van der Waals surface area contributed by atoms with Crippen molar-refractivity contribution < 1.29 is 23.9 Å². The predicted molar refractivity (Wildman–Crippen MR) is 152 cm³/mol. The van der Waals surface area contributed by atoms with Crippen molar-refractivity contribution in [3.8, 4) is 5.75 Å². The second-order valence-electron chi connectivity index (χ2n) is 9.85. The summed E-state index contributed by atoms with van der Waals surface area (Å²) in [5.41, 5.74) is 10.1. The lowest BCUT2D eigenvalue weighted by Gasteiger charge is -2.15. The lowest BCUT2D eigenvalue weighted by Crippen LogP contribution is -2.27. The number of hydrogen-bond acceptors (Lipinski definition) is 7. The van der Waals surface area contributed by atoms with Crippen LogP contribution in [0.25, 0.3) is 11.0 Å². The predicted octanol–water partition coefficient (Wildman–Crippen LogP) is 3.72. The number of hydrogen-bond donors (Lipinski definition) is 3. The highest BCUT2D eigenvalue weighted by molar-refractivity contribution is 6.04. The Balaban J connectivity index is 1.33. The smallest absolute Gasteiger partial charge is 0.407 e. The summed E-state index contributed by atoms with van der Waals surface area (Å²) < 4.78 is 14.6. The minimum atomic E-state index is -0.625. The van der Waals surface area contributed by atoms with Crippen molar-refractivity contribution in [2.75, 3.05) is 19.0 Å². The number of aromatic nitrogens is 4. The van der Waals surface area contributed by atoms with Gasteiger partial charge in [0.1, 0.15) is 23.1 Å². The quantitative estimate of drug-likeness (QED) is 0.250. The van der Waals surface area contributed by atoms with Crippen LogP contribution in [-0.4, -0.2) is 50.9 Å². The van der Waals surface area contributed by atoms with Gasteiger partial charge >= 0.3 is 6.09 Å². The van der Waals surface area contributed by atoms with Crippen LogP contribution in [-0.2, 0) is 24.2 Å². The highest BCUT2D eigenvalue weighted by Crippen LogP contribution is 2.34. The number of ether oxygens (including phenoxy) is 2. The minimum absolute atomic E-state index is 0.231. The molecule has 2 aromatic heterocycles. The number of anilines is 1. The molecule has 0 spiro atoms. The first-order chi connectivity index (χ1) is 19.8. The molecule has 2 aromatic carbocycles. The Morgan fingerprint density at radius 3 is 2.73 bits per heavy atom. The largest absolute Gasteiger partial charge is 0.494 e. The standard InChI is InChI=1S/C29H33N7O5/c1-4-36-22(14-17(2)34-36)27(38)33-28-32-21-15-19(26(30)37)16-24(40-3)25(21)35(28)13-7-12-31-29(39)41-23-11-10-18-8-5-6-9-20(18)23/h5-6,8-9,14-16,23H,4,7,10-13H2,1-3H3,(H2,30,37)(H,31,39)(H,32,33,38). The molecule has 41 heavy (non-hydrogen) atoms. The maximum atomic E-state index is 13.2. The molecule has 4 aromatic rings. The van der Waals surface area contributed by atoms with E-state index in [0.717, 1.165) is 24.1 Å². The van der Waals surface area contributed by atoms with Gasteiger partial charge in [-0.05, 0) is 62.4 Å². The molecule has 5 rings (SSSR count). The van der Waals surface area contributed by atoms with Crippen molar-refractivity contribution in [1.82, 2.24) is 24.6 Å². The van der Waals surface area contributed by atoms with E-state index in [1.54, 1.807) is 27.4 Å². The average Bonchev–Trinajstić information content (AvgIpc) is 3.65. The maximum absolute atomic E-state index is 13.2. The number of nitrogens with zero attached hydrogens (tertiary/aromatic N) is 4. The Morgan fingerprint density at radius 1 is 1.17 bits per heavy atom. The van der Waals surface area contributed by atoms with Crippen LogP contribution in [0.3, 0.4) is 0 Å². The molecule has 0 saturated heterocycles. The van der Waals surface area contributed by atoms with Crippen LogP contribution in [0.5, 0.6) is 5.75 Å². The SMILES string of the molecule is CCn1nc(C)cc1C(=O)Nc1nc2cc(C(N)=O)cc(OC)c2n1CCCNC(=O)OC1CCc2ccccc21. The van der Waals surface area contributed by atoms with Crippen molar-refractivity contribution in [1.29, 1.82) is 0 Å². The monoisotopic (exact) mass is 559 g/mol. The number of amides is 3. The third-order valence-electron chi connectivity index (χ3n) is 7.13. The van der Waals surface area contributed by atoms with E-state index in [-0.39, 0.29) is 23.5 Å². The summed E-state index contributed by atoms with van der Waals surface area (Å²) in [6.07, 6.45) is 1.41. The highest BCUT2D eigenvalue weighted by Gasteiger charge is 2.25. The highest BCUT2D eigenvalue weighted by atomic mass is 16.6. The molecule has 0 fully saturated rings. The van der Waals surface area contributed by atoms with E-state index < -0.39 is 12.0 Å². The summed E-state index contributed by atoms with van der Waals surface area (Å²) in [6, 6.07) is 12.8. The summed E-state index contributed by atoms with van der Waals surface area (Å²) in [5.74, 6) is -0.362. The van der Waals surface area contributed by atoms with E-state index in [0.29, 0.717) is 48.5 Å². The molecule has 12 heteroatoms. The Bertz CT molecular complexity index is 1620. The van der Waals surface area contributed by atoms with E-state index in [1.807, 2.05) is 32.0 Å². The van der Waals surface area contributed by atoms with Crippen molar-refractivity contribution in [2.45, 2.75) is 52.3 Å². The number of nitrogens with two attached hydrogens (primary N) is 1. The van der Waals surface area contributed by atoms with Crippen LogP contribution in [0, 0.1) is 6.92 Å². The third-order valence-corrected chi connectivity index (χ3v) is 7.13. The molecule has 0 saturated carbocycles. The second-order valence-corrected chi connectivity index (χ2v) is 9.85. The third kappa shape index (κ3) is 5.72. The molecule has 1 aliphatic carbocycles. The van der Waals surface area contributed by atoms with Gasteiger partial charge in [0.2, 0.25) is 11.9 Å². The van der Waals surface area contributed by atoms with Crippen LogP contribution < -0.4 is 21.1 Å². The zero-order valence-electron chi connectivity index (χ0n) is 23.3. The van der Waals surface area contributed by atoms with Gasteiger partial charge in [0.25, 0.3) is 5.91 Å². The summed E-state index contributed by atoms with van der Waals surface area (Å²) in [7, 11) is 1.48. The normalized spacial score (nSPS) is 14.1. The van der Waals surface area contributed by atoms with E-state index in [9.17, 15) is 14.4 Å². The Labute approximate surface area is 236 Å². The summed E-state index contributed by atoms with van der Waals surface area (Å²) in [6.45, 7) is 4.94. The number of carbonyl (C=O) groups excluding carboxylic acids is 3. The van der Waals surface area contributed by atoms with Crippen molar-refractivity contribution >= 4 is 34.9 Å². The van der Waals surface area contributed by atoms with Crippen LogP contribution in [0.4, 0.5) is 10.7 Å². The molecule has 1 unspecified atom stereocenters. The minimum Gasteiger partial charge on any atom is -0.494 e. The molecule has 1 atom stereocenters. The molecule has 0 radical (unpaired) electrons.